The summed E-state index contributed by atoms with van der Waals surface area (Å²) < 4.78 is 31.8. The molecule has 0 aromatic heterocycles. The fourth-order valence-corrected chi connectivity index (χ4v) is 5.63. The Morgan fingerprint density at radius 1 is 0.970 bits per heavy atom. The Labute approximate surface area is 206 Å². The molecular formula is C24H30Cl2N2O4S. The summed E-state index contributed by atoms with van der Waals surface area (Å²) in [4.78, 5) is 17.4. The highest BCUT2D eigenvalue weighted by molar-refractivity contribution is 7.86. The summed E-state index contributed by atoms with van der Waals surface area (Å²) in [6.45, 7) is 1.86. The molecule has 1 aliphatic carbocycles. The van der Waals surface area contributed by atoms with Crippen molar-refractivity contribution in [3.05, 3.63) is 63.6 Å². The van der Waals surface area contributed by atoms with E-state index in [9.17, 15) is 13.2 Å². The van der Waals surface area contributed by atoms with E-state index < -0.39 is 22.1 Å². The number of nitrogens with zero attached hydrogens (tertiary/aromatic N) is 2. The predicted octanol–water partition coefficient (Wildman–Crippen LogP) is 5.08. The van der Waals surface area contributed by atoms with Crippen LogP contribution in [0.1, 0.15) is 42.9 Å². The van der Waals surface area contributed by atoms with Crippen molar-refractivity contribution in [3.8, 4) is 0 Å². The molecule has 1 amide bonds. The summed E-state index contributed by atoms with van der Waals surface area (Å²) in [5.74, 6) is -0.442. The Morgan fingerprint density at radius 3 is 2.15 bits per heavy atom. The zero-order chi connectivity index (χ0) is 24.3. The molecule has 2 aromatic rings. The third kappa shape index (κ3) is 6.08. The molecule has 33 heavy (non-hydrogen) atoms. The van der Waals surface area contributed by atoms with Crippen LogP contribution in [0.25, 0.3) is 0 Å². The third-order valence-corrected chi connectivity index (χ3v) is 8.24. The molecule has 0 N–H and O–H groups in total. The number of hydrogen-bond acceptors (Lipinski definition) is 5. The van der Waals surface area contributed by atoms with E-state index in [4.69, 9.17) is 27.4 Å². The highest BCUT2D eigenvalue weighted by Gasteiger charge is 2.38. The highest BCUT2D eigenvalue weighted by atomic mass is 35.5. The second-order valence-electron chi connectivity index (χ2n) is 8.75. The molecule has 2 aromatic carbocycles. The Hall–Kier alpha value is -1.64. The molecule has 0 radical (unpaired) electrons. The van der Waals surface area contributed by atoms with Crippen LogP contribution >= 0.6 is 23.2 Å². The Kier molecular flexibility index (Phi) is 8.45. The minimum absolute atomic E-state index is 0.0163. The molecule has 6 nitrogen and oxygen atoms in total. The van der Waals surface area contributed by atoms with Crippen LogP contribution < -0.4 is 0 Å². The molecule has 0 saturated heterocycles. The summed E-state index contributed by atoms with van der Waals surface area (Å²) >= 11 is 12.2. The van der Waals surface area contributed by atoms with Gasteiger partial charge in [0.05, 0.1) is 14.9 Å². The van der Waals surface area contributed by atoms with Crippen LogP contribution in [0.15, 0.2) is 47.4 Å². The fourth-order valence-electron chi connectivity index (χ4n) is 4.30. The average molecular weight is 513 g/mol. The largest absolute Gasteiger partial charge is 0.339 e. The number of amides is 1. The van der Waals surface area contributed by atoms with Crippen LogP contribution in [0.4, 0.5) is 0 Å². The van der Waals surface area contributed by atoms with Crippen molar-refractivity contribution in [1.82, 2.24) is 9.80 Å². The van der Waals surface area contributed by atoms with Gasteiger partial charge in [0.1, 0.15) is 0 Å². The Morgan fingerprint density at radius 2 is 1.58 bits per heavy atom. The topological polar surface area (TPSA) is 66.9 Å². The maximum atomic E-state index is 13.7. The lowest BCUT2D eigenvalue weighted by atomic mass is 9.88. The monoisotopic (exact) mass is 512 g/mol. The summed E-state index contributed by atoms with van der Waals surface area (Å²) in [5, 5.41) is 0.524. The van der Waals surface area contributed by atoms with Crippen LogP contribution in [0.2, 0.25) is 10.0 Å². The number of hydrogen-bond donors (Lipinski definition) is 0. The van der Waals surface area contributed by atoms with Crippen molar-refractivity contribution in [2.45, 2.75) is 55.7 Å². The Balaban J connectivity index is 1.98. The molecule has 1 fully saturated rings. The number of halogens is 2. The van der Waals surface area contributed by atoms with Crippen molar-refractivity contribution < 1.29 is 17.4 Å². The molecule has 0 bridgehead atoms. The normalized spacial score (nSPS) is 20.0. The van der Waals surface area contributed by atoms with E-state index in [1.807, 2.05) is 21.0 Å². The number of carbonyl (C=O) groups excluding carboxylic acids is 1. The number of likely N-dealkylation sites (N-methyl/N-ethyl adjacent to an activating group) is 2. The van der Waals surface area contributed by atoms with Gasteiger partial charge in [-0.25, -0.2) is 4.18 Å². The molecular weight excluding hydrogens is 483 g/mol. The molecule has 3 unspecified atom stereocenters. The molecule has 0 heterocycles. The zero-order valence-corrected chi connectivity index (χ0v) is 21.6. The first kappa shape index (κ1) is 26.0. The standard InChI is InChI=1S/C24H30Cl2N2O4S/c1-16-9-12-18(13-10-16)33(30,31)32-23(17-11-14-19(25)20(26)15-17)24(29)28(4)22-8-6-5-7-21(22)27(2)3/h9-15,21-23H,5-8H2,1-4H3. The van der Waals surface area contributed by atoms with Gasteiger partial charge in [0.25, 0.3) is 16.0 Å². The van der Waals surface area contributed by atoms with Crippen molar-refractivity contribution in [2.75, 3.05) is 21.1 Å². The van der Waals surface area contributed by atoms with Crippen LogP contribution in [0, 0.1) is 6.92 Å². The average Bonchev–Trinajstić information content (AvgIpc) is 2.78. The molecule has 9 heteroatoms. The van der Waals surface area contributed by atoms with Gasteiger partial charge in [-0.15, -0.1) is 0 Å². The second kappa shape index (κ2) is 10.7. The second-order valence-corrected chi connectivity index (χ2v) is 11.1. The lowest BCUT2D eigenvalue weighted by Gasteiger charge is -2.42. The van der Waals surface area contributed by atoms with E-state index in [1.54, 1.807) is 30.1 Å². The first-order valence-corrected chi connectivity index (χ1v) is 13.1. The van der Waals surface area contributed by atoms with E-state index in [0.29, 0.717) is 10.6 Å². The van der Waals surface area contributed by atoms with E-state index >= 15 is 0 Å². The summed E-state index contributed by atoms with van der Waals surface area (Å²) in [6, 6.07) is 11.0. The molecule has 3 atom stereocenters. The van der Waals surface area contributed by atoms with E-state index in [0.717, 1.165) is 31.2 Å². The minimum atomic E-state index is -4.22. The smallest absolute Gasteiger partial charge is 0.298 e. The summed E-state index contributed by atoms with van der Waals surface area (Å²) in [6.07, 6.45) is 2.52. The van der Waals surface area contributed by atoms with Crippen molar-refractivity contribution in [3.63, 3.8) is 0 Å². The summed E-state index contributed by atoms with van der Waals surface area (Å²) in [5.41, 5.74) is 1.24. The van der Waals surface area contributed by atoms with Gasteiger partial charge in [0.15, 0.2) is 6.10 Å². The summed E-state index contributed by atoms with van der Waals surface area (Å²) in [7, 11) is 1.48. The van der Waals surface area contributed by atoms with Crippen LogP contribution in [0.3, 0.4) is 0 Å². The van der Waals surface area contributed by atoms with Crippen LogP contribution in [0.5, 0.6) is 0 Å². The van der Waals surface area contributed by atoms with Crippen molar-refractivity contribution in [2.24, 2.45) is 0 Å². The van der Waals surface area contributed by atoms with Gasteiger partial charge in [0.2, 0.25) is 0 Å². The molecule has 1 saturated carbocycles. The SMILES string of the molecule is Cc1ccc(S(=O)(=O)OC(C(=O)N(C)C2CCCCC2N(C)C)c2ccc(Cl)c(Cl)c2)cc1. The van der Waals surface area contributed by atoms with Crippen LogP contribution in [-0.2, 0) is 19.1 Å². The molecule has 1 aliphatic rings. The quantitative estimate of drug-likeness (QED) is 0.483. The molecule has 3 rings (SSSR count). The van der Waals surface area contributed by atoms with E-state index in [1.165, 1.54) is 24.3 Å². The number of aryl methyl sites for hydroxylation is 1. The molecule has 0 aliphatic heterocycles. The number of carbonyl (C=O) groups is 1. The van der Waals surface area contributed by atoms with Gasteiger partial charge < -0.3 is 9.80 Å². The number of benzene rings is 2. The van der Waals surface area contributed by atoms with Gasteiger partial charge in [-0.1, -0.05) is 59.8 Å². The van der Waals surface area contributed by atoms with Gasteiger partial charge in [0, 0.05) is 19.1 Å². The lowest BCUT2D eigenvalue weighted by Crippen LogP contribution is -2.53. The van der Waals surface area contributed by atoms with Gasteiger partial charge >= 0.3 is 0 Å². The minimum Gasteiger partial charge on any atom is -0.339 e. The van der Waals surface area contributed by atoms with E-state index in [2.05, 4.69) is 4.90 Å². The lowest BCUT2D eigenvalue weighted by molar-refractivity contribution is -0.141. The number of rotatable bonds is 7. The zero-order valence-electron chi connectivity index (χ0n) is 19.3. The van der Waals surface area contributed by atoms with E-state index in [-0.39, 0.29) is 22.0 Å². The fraction of sp³-hybridized carbons (Fsp3) is 0.458. The molecule has 180 valence electrons. The van der Waals surface area contributed by atoms with Gasteiger partial charge in [-0.05, 0) is 63.7 Å². The van der Waals surface area contributed by atoms with Crippen molar-refractivity contribution >= 4 is 39.2 Å². The first-order chi connectivity index (χ1) is 15.5. The first-order valence-electron chi connectivity index (χ1n) is 10.9. The predicted molar refractivity (Wildman–Crippen MR) is 131 cm³/mol. The highest BCUT2D eigenvalue weighted by Crippen LogP contribution is 2.33. The Bertz CT molecular complexity index is 1090. The van der Waals surface area contributed by atoms with Crippen molar-refractivity contribution in [1.29, 1.82) is 0 Å². The maximum absolute atomic E-state index is 13.7. The third-order valence-electron chi connectivity index (χ3n) is 6.21. The maximum Gasteiger partial charge on any atom is 0.298 e. The molecule has 0 spiro atoms. The van der Waals surface area contributed by atoms with Gasteiger partial charge in [-0.2, -0.15) is 8.42 Å². The van der Waals surface area contributed by atoms with Crippen LogP contribution in [-0.4, -0.2) is 57.4 Å². The van der Waals surface area contributed by atoms with Gasteiger partial charge in [-0.3, -0.25) is 4.79 Å².